The van der Waals surface area contributed by atoms with E-state index in [1.807, 2.05) is 30.3 Å². The van der Waals surface area contributed by atoms with E-state index in [-0.39, 0.29) is 29.8 Å². The molecule has 5 heteroatoms. The van der Waals surface area contributed by atoms with Crippen molar-refractivity contribution in [2.45, 2.75) is 25.7 Å². The number of piperidine rings is 1. The molecule has 0 spiro atoms. The highest BCUT2D eigenvalue weighted by atomic mass is 16.3. The van der Waals surface area contributed by atoms with Crippen LogP contribution in [0.1, 0.15) is 36.0 Å². The van der Waals surface area contributed by atoms with Crippen LogP contribution < -0.4 is 5.32 Å². The van der Waals surface area contributed by atoms with Crippen molar-refractivity contribution < 1.29 is 14.7 Å². The summed E-state index contributed by atoms with van der Waals surface area (Å²) in [5.74, 6) is -0.140. The van der Waals surface area contributed by atoms with Crippen molar-refractivity contribution in [3.05, 3.63) is 35.9 Å². The Hall–Kier alpha value is -1.88. The molecule has 2 amide bonds. The molecule has 1 saturated heterocycles. The highest BCUT2D eigenvalue weighted by molar-refractivity contribution is 5.94. The average Bonchev–Trinajstić information content (AvgIpc) is 3.40. The van der Waals surface area contributed by atoms with E-state index in [0.29, 0.717) is 25.2 Å². The Bertz CT molecular complexity index is 569. The Kier molecular flexibility index (Phi) is 4.66. The molecule has 0 bridgehead atoms. The van der Waals surface area contributed by atoms with Crippen molar-refractivity contribution in [1.29, 1.82) is 0 Å². The van der Waals surface area contributed by atoms with Crippen molar-refractivity contribution in [2.24, 2.45) is 11.3 Å². The monoisotopic (exact) mass is 316 g/mol. The molecule has 3 rings (SSSR count). The SMILES string of the molecule is O=C(NCC1(CO)CC1)C1CCCN(C(=O)c2ccccc2)C1. The number of carbonyl (C=O) groups is 2. The predicted molar refractivity (Wildman–Crippen MR) is 86.8 cm³/mol. The molecule has 5 nitrogen and oxygen atoms in total. The normalized spacial score (nSPS) is 22.5. The number of aliphatic hydroxyl groups is 1. The van der Waals surface area contributed by atoms with Crippen LogP contribution in [-0.4, -0.2) is 48.1 Å². The molecule has 1 aliphatic heterocycles. The van der Waals surface area contributed by atoms with Crippen LogP contribution in [0.2, 0.25) is 0 Å². The molecule has 2 fully saturated rings. The van der Waals surface area contributed by atoms with Crippen LogP contribution in [0.5, 0.6) is 0 Å². The zero-order valence-electron chi connectivity index (χ0n) is 13.3. The molecule has 1 unspecified atom stereocenters. The highest BCUT2D eigenvalue weighted by Crippen LogP contribution is 2.44. The molecule has 0 radical (unpaired) electrons. The molecule has 124 valence electrons. The van der Waals surface area contributed by atoms with Gasteiger partial charge in [0.1, 0.15) is 0 Å². The number of rotatable bonds is 5. The molecule has 1 aliphatic carbocycles. The lowest BCUT2D eigenvalue weighted by molar-refractivity contribution is -0.126. The van der Waals surface area contributed by atoms with E-state index in [0.717, 1.165) is 25.7 Å². The number of benzene rings is 1. The number of aliphatic hydroxyl groups excluding tert-OH is 1. The maximum atomic E-state index is 12.5. The lowest BCUT2D eigenvalue weighted by atomic mass is 9.96. The molecular formula is C18H24N2O3. The maximum absolute atomic E-state index is 12.5. The number of hydrogen-bond donors (Lipinski definition) is 2. The van der Waals surface area contributed by atoms with Crippen LogP contribution in [0.4, 0.5) is 0 Å². The summed E-state index contributed by atoms with van der Waals surface area (Å²) in [5, 5.41) is 12.3. The van der Waals surface area contributed by atoms with Gasteiger partial charge in [-0.2, -0.15) is 0 Å². The zero-order chi connectivity index (χ0) is 16.3. The molecule has 2 N–H and O–H groups in total. The van der Waals surface area contributed by atoms with Gasteiger partial charge in [0.2, 0.25) is 5.91 Å². The Labute approximate surface area is 136 Å². The maximum Gasteiger partial charge on any atom is 0.253 e. The van der Waals surface area contributed by atoms with Gasteiger partial charge in [0.25, 0.3) is 5.91 Å². The molecule has 1 heterocycles. The van der Waals surface area contributed by atoms with Gasteiger partial charge in [0, 0.05) is 30.6 Å². The van der Waals surface area contributed by atoms with Gasteiger partial charge in [-0.1, -0.05) is 18.2 Å². The quantitative estimate of drug-likeness (QED) is 0.863. The summed E-state index contributed by atoms with van der Waals surface area (Å²) >= 11 is 0. The van der Waals surface area contributed by atoms with Gasteiger partial charge >= 0.3 is 0 Å². The Balaban J connectivity index is 1.55. The van der Waals surface area contributed by atoms with Gasteiger partial charge in [-0.15, -0.1) is 0 Å². The lowest BCUT2D eigenvalue weighted by Crippen LogP contribution is -2.46. The first-order valence-electron chi connectivity index (χ1n) is 8.36. The number of nitrogens with one attached hydrogen (secondary N) is 1. The third-order valence-electron chi connectivity index (χ3n) is 5.03. The first-order valence-corrected chi connectivity index (χ1v) is 8.36. The van der Waals surface area contributed by atoms with E-state index in [2.05, 4.69) is 5.32 Å². The number of hydrogen-bond acceptors (Lipinski definition) is 3. The van der Waals surface area contributed by atoms with E-state index in [4.69, 9.17) is 0 Å². The van der Waals surface area contributed by atoms with Crippen LogP contribution >= 0.6 is 0 Å². The molecule has 2 aliphatic rings. The fourth-order valence-electron chi connectivity index (χ4n) is 3.13. The average molecular weight is 316 g/mol. The molecular weight excluding hydrogens is 292 g/mol. The zero-order valence-corrected chi connectivity index (χ0v) is 13.3. The second kappa shape index (κ2) is 6.71. The summed E-state index contributed by atoms with van der Waals surface area (Å²) in [7, 11) is 0. The third-order valence-corrected chi connectivity index (χ3v) is 5.03. The van der Waals surface area contributed by atoms with E-state index in [1.54, 1.807) is 4.90 Å². The lowest BCUT2D eigenvalue weighted by Gasteiger charge is -2.32. The van der Waals surface area contributed by atoms with Crippen LogP contribution in [-0.2, 0) is 4.79 Å². The number of nitrogens with zero attached hydrogens (tertiary/aromatic N) is 1. The first-order chi connectivity index (χ1) is 11.1. The molecule has 23 heavy (non-hydrogen) atoms. The van der Waals surface area contributed by atoms with Gasteiger partial charge in [-0.05, 0) is 37.8 Å². The minimum absolute atomic E-state index is 0.00267. The predicted octanol–water partition coefficient (Wildman–Crippen LogP) is 1.43. The molecule has 1 saturated carbocycles. The van der Waals surface area contributed by atoms with Gasteiger partial charge in [-0.3, -0.25) is 9.59 Å². The summed E-state index contributed by atoms with van der Waals surface area (Å²) in [6.45, 7) is 1.87. The summed E-state index contributed by atoms with van der Waals surface area (Å²) < 4.78 is 0. The van der Waals surface area contributed by atoms with E-state index < -0.39 is 0 Å². The van der Waals surface area contributed by atoms with Crippen molar-refractivity contribution >= 4 is 11.8 Å². The molecule has 0 aromatic heterocycles. The van der Waals surface area contributed by atoms with E-state index in [9.17, 15) is 14.7 Å². The first kappa shape index (κ1) is 16.0. The van der Waals surface area contributed by atoms with Gasteiger partial charge in [0.15, 0.2) is 0 Å². The number of carbonyl (C=O) groups excluding carboxylic acids is 2. The Morgan fingerprint density at radius 2 is 2.00 bits per heavy atom. The minimum atomic E-state index is -0.147. The van der Waals surface area contributed by atoms with Gasteiger partial charge < -0.3 is 15.3 Å². The van der Waals surface area contributed by atoms with Crippen molar-refractivity contribution in [3.63, 3.8) is 0 Å². The van der Waals surface area contributed by atoms with Crippen LogP contribution in [0.25, 0.3) is 0 Å². The summed E-state index contributed by atoms with van der Waals surface area (Å²) in [5.41, 5.74) is 0.593. The minimum Gasteiger partial charge on any atom is -0.396 e. The van der Waals surface area contributed by atoms with Crippen molar-refractivity contribution in [1.82, 2.24) is 10.2 Å². The van der Waals surface area contributed by atoms with E-state index >= 15 is 0 Å². The number of amides is 2. The van der Waals surface area contributed by atoms with Crippen LogP contribution in [0.15, 0.2) is 30.3 Å². The van der Waals surface area contributed by atoms with Crippen LogP contribution in [0.3, 0.4) is 0 Å². The smallest absolute Gasteiger partial charge is 0.253 e. The highest BCUT2D eigenvalue weighted by Gasteiger charge is 2.42. The second-order valence-corrected chi connectivity index (χ2v) is 6.83. The molecule has 1 aromatic carbocycles. The topological polar surface area (TPSA) is 69.6 Å². The number of likely N-dealkylation sites (tertiary alicyclic amines) is 1. The summed E-state index contributed by atoms with van der Waals surface area (Å²) in [6, 6.07) is 9.21. The second-order valence-electron chi connectivity index (χ2n) is 6.83. The fraction of sp³-hybridized carbons (Fsp3) is 0.556. The molecule has 1 aromatic rings. The standard InChI is InChI=1S/C18H24N2O3/c21-13-18(8-9-18)12-19-16(22)15-7-4-10-20(11-15)17(23)14-5-2-1-3-6-14/h1-3,5-6,15,21H,4,7-13H2,(H,19,22). The largest absolute Gasteiger partial charge is 0.396 e. The van der Waals surface area contributed by atoms with E-state index in [1.165, 1.54) is 0 Å². The Morgan fingerprint density at radius 3 is 2.65 bits per heavy atom. The Morgan fingerprint density at radius 1 is 1.26 bits per heavy atom. The summed E-state index contributed by atoms with van der Waals surface area (Å²) in [6.07, 6.45) is 3.62. The molecule has 1 atom stereocenters. The van der Waals surface area contributed by atoms with Gasteiger partial charge in [-0.25, -0.2) is 0 Å². The van der Waals surface area contributed by atoms with Crippen LogP contribution in [0, 0.1) is 11.3 Å². The van der Waals surface area contributed by atoms with Gasteiger partial charge in [0.05, 0.1) is 12.5 Å². The van der Waals surface area contributed by atoms with Crippen molar-refractivity contribution in [2.75, 3.05) is 26.2 Å². The summed E-state index contributed by atoms with van der Waals surface area (Å²) in [4.78, 5) is 26.6. The fourth-order valence-corrected chi connectivity index (χ4v) is 3.13. The van der Waals surface area contributed by atoms with Crippen molar-refractivity contribution in [3.8, 4) is 0 Å². The third kappa shape index (κ3) is 3.72.